The molecule has 0 aliphatic heterocycles. The summed E-state index contributed by atoms with van der Waals surface area (Å²) in [5.74, 6) is -0.576. The van der Waals surface area contributed by atoms with Crippen LogP contribution in [-0.4, -0.2) is 27.4 Å². The molecule has 26 heavy (non-hydrogen) atoms. The van der Waals surface area contributed by atoms with Gasteiger partial charge in [0.25, 0.3) is 5.91 Å². The zero-order chi connectivity index (χ0) is 18.7. The Morgan fingerprint density at radius 3 is 2.50 bits per heavy atom. The van der Waals surface area contributed by atoms with Gasteiger partial charge in [-0.15, -0.1) is 5.10 Å². The molecule has 1 heterocycles. The molecule has 0 spiro atoms. The van der Waals surface area contributed by atoms with Crippen LogP contribution in [0.2, 0.25) is 0 Å². The van der Waals surface area contributed by atoms with E-state index in [4.69, 9.17) is 0 Å². The molecule has 0 saturated heterocycles. The van der Waals surface area contributed by atoms with Gasteiger partial charge < -0.3 is 5.32 Å². The Hall–Kier alpha value is -3.02. The summed E-state index contributed by atoms with van der Waals surface area (Å²) in [7, 11) is 0. The predicted molar refractivity (Wildman–Crippen MR) is 98.0 cm³/mol. The smallest absolute Gasteiger partial charge is 0.273 e. The number of carbonyl (C=O) groups excluding carboxylic acids is 1. The summed E-state index contributed by atoms with van der Waals surface area (Å²) >= 11 is 0. The van der Waals surface area contributed by atoms with Gasteiger partial charge >= 0.3 is 0 Å². The van der Waals surface area contributed by atoms with Gasteiger partial charge in [-0.2, -0.15) is 0 Å². The van der Waals surface area contributed by atoms with E-state index in [9.17, 15) is 9.18 Å². The van der Waals surface area contributed by atoms with Crippen LogP contribution in [0.5, 0.6) is 0 Å². The number of nitrogens with one attached hydrogen (secondary N) is 1. The van der Waals surface area contributed by atoms with E-state index in [1.54, 1.807) is 22.9 Å². The van der Waals surface area contributed by atoms with E-state index in [1.165, 1.54) is 6.07 Å². The largest absolute Gasteiger partial charge is 0.350 e. The fraction of sp³-hybridized carbons (Fsp3) is 0.250. The summed E-state index contributed by atoms with van der Waals surface area (Å²) in [6, 6.07) is 12.6. The van der Waals surface area contributed by atoms with Crippen LogP contribution >= 0.6 is 0 Å². The summed E-state index contributed by atoms with van der Waals surface area (Å²) < 4.78 is 15.3. The van der Waals surface area contributed by atoms with E-state index in [1.807, 2.05) is 32.9 Å². The zero-order valence-corrected chi connectivity index (χ0v) is 15.1. The third-order valence-electron chi connectivity index (χ3n) is 4.20. The van der Waals surface area contributed by atoms with Gasteiger partial charge in [0.15, 0.2) is 5.69 Å². The monoisotopic (exact) mass is 352 g/mol. The number of amides is 1. The van der Waals surface area contributed by atoms with Gasteiger partial charge in [-0.1, -0.05) is 29.5 Å². The van der Waals surface area contributed by atoms with Gasteiger partial charge in [0.1, 0.15) is 5.82 Å². The number of hydrogen-bond acceptors (Lipinski definition) is 3. The molecule has 0 atom stereocenters. The number of benzene rings is 2. The molecule has 1 aromatic heterocycles. The topological polar surface area (TPSA) is 59.8 Å². The Bertz CT molecular complexity index is 928. The molecule has 0 aliphatic rings. The quantitative estimate of drug-likeness (QED) is 0.766. The van der Waals surface area contributed by atoms with Gasteiger partial charge in [-0.25, -0.2) is 9.07 Å². The number of nitrogens with zero attached hydrogens (tertiary/aromatic N) is 3. The fourth-order valence-corrected chi connectivity index (χ4v) is 2.95. The first-order valence-corrected chi connectivity index (χ1v) is 8.48. The van der Waals surface area contributed by atoms with Gasteiger partial charge in [0.2, 0.25) is 0 Å². The minimum Gasteiger partial charge on any atom is -0.350 e. The lowest BCUT2D eigenvalue weighted by molar-refractivity contribution is 0.0948. The first-order chi connectivity index (χ1) is 12.5. The van der Waals surface area contributed by atoms with Crippen molar-refractivity contribution in [2.75, 3.05) is 6.54 Å². The molecular formula is C20H21FN4O. The summed E-state index contributed by atoms with van der Waals surface area (Å²) in [4.78, 5) is 12.4. The van der Waals surface area contributed by atoms with E-state index in [-0.39, 0.29) is 17.4 Å². The minimum atomic E-state index is -0.311. The minimum absolute atomic E-state index is 0.265. The van der Waals surface area contributed by atoms with Crippen molar-refractivity contribution in [2.24, 2.45) is 0 Å². The summed E-state index contributed by atoms with van der Waals surface area (Å²) in [6.45, 7) is 6.16. The van der Waals surface area contributed by atoms with E-state index in [0.717, 1.165) is 16.8 Å². The average Bonchev–Trinajstić information content (AvgIpc) is 2.97. The second kappa shape index (κ2) is 7.47. The molecule has 0 fully saturated rings. The van der Waals surface area contributed by atoms with Crippen LogP contribution in [-0.2, 0) is 6.42 Å². The molecule has 2 aromatic carbocycles. The van der Waals surface area contributed by atoms with Crippen LogP contribution in [0.4, 0.5) is 4.39 Å². The third kappa shape index (κ3) is 3.79. The zero-order valence-electron chi connectivity index (χ0n) is 15.1. The van der Waals surface area contributed by atoms with E-state index < -0.39 is 0 Å². The molecule has 6 heteroatoms. The van der Waals surface area contributed by atoms with Crippen LogP contribution in [0.25, 0.3) is 5.69 Å². The number of halogens is 1. The molecule has 3 rings (SSSR count). The molecule has 1 amide bonds. The van der Waals surface area contributed by atoms with Gasteiger partial charge in [-0.05, 0) is 62.1 Å². The van der Waals surface area contributed by atoms with Crippen molar-refractivity contribution in [3.05, 3.63) is 76.4 Å². The van der Waals surface area contributed by atoms with Crippen molar-refractivity contribution in [2.45, 2.75) is 27.2 Å². The van der Waals surface area contributed by atoms with Gasteiger partial charge in [-0.3, -0.25) is 4.79 Å². The number of aromatic nitrogens is 3. The molecule has 5 nitrogen and oxygen atoms in total. The van der Waals surface area contributed by atoms with Crippen LogP contribution in [0, 0.1) is 26.6 Å². The van der Waals surface area contributed by atoms with E-state index in [0.29, 0.717) is 24.2 Å². The molecule has 0 radical (unpaired) electrons. The maximum atomic E-state index is 13.6. The Balaban J connectivity index is 1.71. The Morgan fingerprint density at radius 2 is 1.81 bits per heavy atom. The highest BCUT2D eigenvalue weighted by Gasteiger charge is 2.17. The molecule has 0 unspecified atom stereocenters. The van der Waals surface area contributed by atoms with E-state index in [2.05, 4.69) is 21.7 Å². The molecular weight excluding hydrogens is 331 g/mol. The molecule has 0 bridgehead atoms. The van der Waals surface area contributed by atoms with Crippen molar-refractivity contribution in [1.29, 1.82) is 0 Å². The average molecular weight is 352 g/mol. The Morgan fingerprint density at radius 1 is 1.12 bits per heavy atom. The fourth-order valence-electron chi connectivity index (χ4n) is 2.95. The molecule has 0 saturated carbocycles. The van der Waals surface area contributed by atoms with Crippen molar-refractivity contribution >= 4 is 5.91 Å². The summed E-state index contributed by atoms with van der Waals surface area (Å²) in [5.41, 5.74) is 4.62. The maximum Gasteiger partial charge on any atom is 0.273 e. The molecule has 3 aromatic rings. The lowest BCUT2D eigenvalue weighted by Crippen LogP contribution is -2.27. The predicted octanol–water partition coefficient (Wildman–Crippen LogP) is 3.30. The number of carbonyl (C=O) groups is 1. The first kappa shape index (κ1) is 17.8. The molecule has 134 valence electrons. The number of hydrogen-bond donors (Lipinski definition) is 1. The lowest BCUT2D eigenvalue weighted by atomic mass is 10.1. The molecule has 1 N–H and O–H groups in total. The lowest BCUT2D eigenvalue weighted by Gasteiger charge is -2.07. The highest BCUT2D eigenvalue weighted by Crippen LogP contribution is 2.16. The van der Waals surface area contributed by atoms with Crippen molar-refractivity contribution in [3.8, 4) is 5.69 Å². The third-order valence-corrected chi connectivity index (χ3v) is 4.20. The SMILES string of the molecule is Cc1cc(C)cc(-n2nnc(C(=O)NCCc3ccccc3F)c2C)c1. The van der Waals surface area contributed by atoms with Crippen molar-refractivity contribution in [3.63, 3.8) is 0 Å². The van der Waals surface area contributed by atoms with Crippen molar-refractivity contribution in [1.82, 2.24) is 20.3 Å². The van der Waals surface area contributed by atoms with Crippen LogP contribution in [0.1, 0.15) is 32.9 Å². The second-order valence-corrected chi connectivity index (χ2v) is 6.38. The standard InChI is InChI=1S/C20H21FN4O/c1-13-10-14(2)12-17(11-13)25-15(3)19(23-24-25)20(26)22-9-8-16-6-4-5-7-18(16)21/h4-7,10-12H,8-9H2,1-3H3,(H,22,26). The number of rotatable bonds is 5. The maximum absolute atomic E-state index is 13.6. The summed E-state index contributed by atoms with van der Waals surface area (Å²) in [6.07, 6.45) is 0.419. The Kier molecular flexibility index (Phi) is 5.11. The van der Waals surface area contributed by atoms with Crippen LogP contribution in [0.15, 0.2) is 42.5 Å². The summed E-state index contributed by atoms with van der Waals surface area (Å²) in [5, 5.41) is 10.9. The second-order valence-electron chi connectivity index (χ2n) is 6.38. The van der Waals surface area contributed by atoms with Crippen molar-refractivity contribution < 1.29 is 9.18 Å². The van der Waals surface area contributed by atoms with Crippen LogP contribution in [0.3, 0.4) is 0 Å². The number of aryl methyl sites for hydroxylation is 2. The van der Waals surface area contributed by atoms with Gasteiger partial charge in [0.05, 0.1) is 11.4 Å². The van der Waals surface area contributed by atoms with Gasteiger partial charge in [0, 0.05) is 6.54 Å². The van der Waals surface area contributed by atoms with E-state index >= 15 is 0 Å². The Labute approximate surface area is 151 Å². The highest BCUT2D eigenvalue weighted by atomic mass is 19.1. The normalized spacial score (nSPS) is 10.8. The first-order valence-electron chi connectivity index (χ1n) is 8.48. The molecule has 0 aliphatic carbocycles. The van der Waals surface area contributed by atoms with Crippen LogP contribution < -0.4 is 5.32 Å². The highest BCUT2D eigenvalue weighted by molar-refractivity contribution is 5.93.